The standard InChI is InChI=1S/C17H14N4OS/c1-10-8-13-14-15(23-16(13)18-11(10)2)17(22)21(20-19-14)9-12-6-4-3-5-7-12/h3-8H,9H2,1-2H3. The largest absolute Gasteiger partial charge is 0.288 e. The van der Waals surface area contributed by atoms with E-state index in [0.29, 0.717) is 16.8 Å². The van der Waals surface area contributed by atoms with Crippen molar-refractivity contribution in [1.29, 1.82) is 0 Å². The number of pyridine rings is 1. The second kappa shape index (κ2) is 5.24. The Morgan fingerprint density at radius 3 is 2.74 bits per heavy atom. The van der Waals surface area contributed by atoms with Crippen molar-refractivity contribution >= 4 is 31.8 Å². The summed E-state index contributed by atoms with van der Waals surface area (Å²) in [6.45, 7) is 4.40. The van der Waals surface area contributed by atoms with Gasteiger partial charge >= 0.3 is 0 Å². The number of fused-ring (bicyclic) bond motifs is 3. The molecule has 3 aromatic heterocycles. The summed E-state index contributed by atoms with van der Waals surface area (Å²) >= 11 is 1.39. The van der Waals surface area contributed by atoms with Gasteiger partial charge in [-0.2, -0.15) is 0 Å². The number of hydrogen-bond donors (Lipinski definition) is 0. The molecular formula is C17H14N4OS. The summed E-state index contributed by atoms with van der Waals surface area (Å²) in [6.07, 6.45) is 0. The lowest BCUT2D eigenvalue weighted by atomic mass is 10.2. The van der Waals surface area contributed by atoms with Crippen molar-refractivity contribution in [2.24, 2.45) is 0 Å². The van der Waals surface area contributed by atoms with E-state index in [1.54, 1.807) is 0 Å². The molecule has 0 atom stereocenters. The number of hydrogen-bond acceptors (Lipinski definition) is 5. The third-order valence-corrected chi connectivity index (χ3v) is 5.03. The van der Waals surface area contributed by atoms with Crippen LogP contribution in [0.1, 0.15) is 16.8 Å². The Hall–Kier alpha value is -2.60. The predicted octanol–water partition coefficient (Wildman–Crippen LogP) is 3.07. The van der Waals surface area contributed by atoms with Gasteiger partial charge in [0.25, 0.3) is 5.56 Å². The lowest BCUT2D eigenvalue weighted by molar-refractivity contribution is 0.602. The van der Waals surface area contributed by atoms with Crippen LogP contribution in [0.3, 0.4) is 0 Å². The normalized spacial score (nSPS) is 11.4. The summed E-state index contributed by atoms with van der Waals surface area (Å²) in [7, 11) is 0. The van der Waals surface area contributed by atoms with E-state index < -0.39 is 0 Å². The fraction of sp³-hybridized carbons (Fsp3) is 0.176. The molecule has 0 amide bonds. The Kier molecular flexibility index (Phi) is 3.20. The van der Waals surface area contributed by atoms with E-state index in [4.69, 9.17) is 0 Å². The fourth-order valence-corrected chi connectivity index (χ4v) is 3.64. The average molecular weight is 322 g/mol. The second-order valence-electron chi connectivity index (χ2n) is 5.56. The second-order valence-corrected chi connectivity index (χ2v) is 6.56. The van der Waals surface area contributed by atoms with Crippen molar-refractivity contribution in [1.82, 2.24) is 20.0 Å². The molecule has 0 bridgehead atoms. The topological polar surface area (TPSA) is 60.7 Å². The van der Waals surface area contributed by atoms with Gasteiger partial charge in [0.2, 0.25) is 0 Å². The van der Waals surface area contributed by atoms with E-state index in [0.717, 1.165) is 27.0 Å². The van der Waals surface area contributed by atoms with Crippen LogP contribution in [-0.2, 0) is 6.54 Å². The first-order chi connectivity index (χ1) is 11.1. The van der Waals surface area contributed by atoms with Crippen LogP contribution in [0, 0.1) is 13.8 Å². The van der Waals surface area contributed by atoms with E-state index in [9.17, 15) is 4.79 Å². The van der Waals surface area contributed by atoms with Crippen LogP contribution in [-0.4, -0.2) is 20.0 Å². The molecule has 0 unspecified atom stereocenters. The van der Waals surface area contributed by atoms with Crippen molar-refractivity contribution in [3.8, 4) is 0 Å². The Labute approximate surface area is 136 Å². The molecule has 3 heterocycles. The minimum Gasteiger partial charge on any atom is -0.266 e. The molecule has 0 radical (unpaired) electrons. The first-order valence-corrected chi connectivity index (χ1v) is 8.13. The van der Waals surface area contributed by atoms with E-state index in [1.165, 1.54) is 16.0 Å². The summed E-state index contributed by atoms with van der Waals surface area (Å²) in [5.41, 5.74) is 3.62. The summed E-state index contributed by atoms with van der Waals surface area (Å²) in [5.74, 6) is 0. The quantitative estimate of drug-likeness (QED) is 0.569. The van der Waals surface area contributed by atoms with Crippen LogP contribution in [0.25, 0.3) is 20.4 Å². The molecule has 4 aromatic rings. The molecule has 1 aromatic carbocycles. The molecular weight excluding hydrogens is 308 g/mol. The summed E-state index contributed by atoms with van der Waals surface area (Å²) < 4.78 is 2.02. The fourth-order valence-electron chi connectivity index (χ4n) is 2.56. The zero-order chi connectivity index (χ0) is 16.0. The third kappa shape index (κ3) is 2.31. The molecule has 23 heavy (non-hydrogen) atoms. The van der Waals surface area contributed by atoms with Gasteiger partial charge < -0.3 is 0 Å². The van der Waals surface area contributed by atoms with E-state index in [2.05, 4.69) is 15.3 Å². The maximum atomic E-state index is 12.7. The summed E-state index contributed by atoms with van der Waals surface area (Å²) in [5, 5.41) is 9.30. The Balaban J connectivity index is 1.91. The molecule has 0 saturated carbocycles. The van der Waals surface area contributed by atoms with Crippen LogP contribution in [0.4, 0.5) is 0 Å². The first kappa shape index (κ1) is 14.0. The van der Waals surface area contributed by atoms with Crippen molar-refractivity contribution in [3.05, 3.63) is 63.6 Å². The lowest BCUT2D eigenvalue weighted by Gasteiger charge is -2.03. The smallest absolute Gasteiger partial charge is 0.266 e. The highest BCUT2D eigenvalue weighted by Crippen LogP contribution is 2.29. The Bertz CT molecular complexity index is 1080. The predicted molar refractivity (Wildman–Crippen MR) is 92.0 cm³/mol. The summed E-state index contributed by atoms with van der Waals surface area (Å²) in [4.78, 5) is 18.1. The molecule has 5 nitrogen and oxygen atoms in total. The molecule has 6 heteroatoms. The number of aromatic nitrogens is 4. The van der Waals surface area contributed by atoms with Gasteiger partial charge in [-0.25, -0.2) is 9.67 Å². The van der Waals surface area contributed by atoms with Crippen LogP contribution in [0.5, 0.6) is 0 Å². The van der Waals surface area contributed by atoms with Gasteiger partial charge in [0.05, 0.1) is 6.54 Å². The van der Waals surface area contributed by atoms with Gasteiger partial charge in [0.15, 0.2) is 0 Å². The van der Waals surface area contributed by atoms with Gasteiger partial charge in [0.1, 0.15) is 15.0 Å². The van der Waals surface area contributed by atoms with Gasteiger partial charge in [-0.15, -0.1) is 16.4 Å². The molecule has 0 aliphatic heterocycles. The lowest BCUT2D eigenvalue weighted by Crippen LogP contribution is -2.23. The van der Waals surface area contributed by atoms with Crippen molar-refractivity contribution in [3.63, 3.8) is 0 Å². The molecule has 0 N–H and O–H groups in total. The first-order valence-electron chi connectivity index (χ1n) is 7.31. The number of rotatable bonds is 2. The van der Waals surface area contributed by atoms with Crippen LogP contribution in [0.15, 0.2) is 41.2 Å². The highest BCUT2D eigenvalue weighted by molar-refractivity contribution is 7.25. The Morgan fingerprint density at radius 1 is 1.17 bits per heavy atom. The maximum absolute atomic E-state index is 12.7. The van der Waals surface area contributed by atoms with Crippen LogP contribution in [0.2, 0.25) is 0 Å². The van der Waals surface area contributed by atoms with Gasteiger partial charge in [-0.1, -0.05) is 35.5 Å². The molecule has 0 fully saturated rings. The number of nitrogens with zero attached hydrogens (tertiary/aromatic N) is 4. The number of aryl methyl sites for hydroxylation is 2. The third-order valence-electron chi connectivity index (χ3n) is 3.96. The van der Waals surface area contributed by atoms with Crippen molar-refractivity contribution in [2.75, 3.05) is 0 Å². The Morgan fingerprint density at radius 2 is 1.96 bits per heavy atom. The highest BCUT2D eigenvalue weighted by atomic mass is 32.1. The zero-order valence-electron chi connectivity index (χ0n) is 12.8. The zero-order valence-corrected chi connectivity index (χ0v) is 13.6. The highest BCUT2D eigenvalue weighted by Gasteiger charge is 2.14. The number of thiophene rings is 1. The van der Waals surface area contributed by atoms with Crippen LogP contribution < -0.4 is 5.56 Å². The van der Waals surface area contributed by atoms with Crippen molar-refractivity contribution < 1.29 is 0 Å². The van der Waals surface area contributed by atoms with Gasteiger partial charge in [0, 0.05) is 11.1 Å². The van der Waals surface area contributed by atoms with Crippen LogP contribution >= 0.6 is 11.3 Å². The van der Waals surface area contributed by atoms with Crippen molar-refractivity contribution in [2.45, 2.75) is 20.4 Å². The molecule has 0 saturated heterocycles. The average Bonchev–Trinajstić information content (AvgIpc) is 2.90. The van der Waals surface area contributed by atoms with E-state index >= 15 is 0 Å². The van der Waals surface area contributed by atoms with Gasteiger partial charge in [-0.3, -0.25) is 4.79 Å². The molecule has 0 aliphatic carbocycles. The van der Waals surface area contributed by atoms with Gasteiger partial charge in [-0.05, 0) is 31.0 Å². The maximum Gasteiger partial charge on any atom is 0.288 e. The minimum absolute atomic E-state index is 0.114. The molecule has 0 spiro atoms. The SMILES string of the molecule is Cc1cc2c(nc1C)sc1c(=O)n(Cc3ccccc3)nnc12. The van der Waals surface area contributed by atoms with E-state index in [-0.39, 0.29) is 5.56 Å². The minimum atomic E-state index is -0.114. The molecule has 114 valence electrons. The summed E-state index contributed by atoms with van der Waals surface area (Å²) in [6, 6.07) is 11.8. The monoisotopic (exact) mass is 322 g/mol. The van der Waals surface area contributed by atoms with E-state index in [1.807, 2.05) is 50.2 Å². The molecule has 0 aliphatic rings. The molecule has 4 rings (SSSR count). The number of benzene rings is 1.